The molecule has 0 amide bonds. The van der Waals surface area contributed by atoms with Gasteiger partial charge in [-0.1, -0.05) is 32.0 Å². The number of benzene rings is 1. The second-order valence-electron chi connectivity index (χ2n) is 9.22. The van der Waals surface area contributed by atoms with E-state index < -0.39 is 0 Å². The van der Waals surface area contributed by atoms with Crippen molar-refractivity contribution in [2.24, 2.45) is 0 Å². The van der Waals surface area contributed by atoms with Gasteiger partial charge in [0.25, 0.3) is 0 Å². The van der Waals surface area contributed by atoms with E-state index in [-0.39, 0.29) is 0 Å². The van der Waals surface area contributed by atoms with Crippen LogP contribution in [0.3, 0.4) is 0 Å². The Morgan fingerprint density at radius 1 is 0.939 bits per heavy atom. The van der Waals surface area contributed by atoms with Gasteiger partial charge in [0.2, 0.25) is 0 Å². The van der Waals surface area contributed by atoms with Gasteiger partial charge in [0.05, 0.1) is 17.1 Å². The van der Waals surface area contributed by atoms with E-state index in [1.165, 1.54) is 22.6 Å². The van der Waals surface area contributed by atoms with Gasteiger partial charge in [-0.2, -0.15) is 5.10 Å². The van der Waals surface area contributed by atoms with E-state index in [0.717, 1.165) is 69.3 Å². The van der Waals surface area contributed by atoms with Gasteiger partial charge >= 0.3 is 0 Å². The van der Waals surface area contributed by atoms with E-state index in [1.807, 2.05) is 0 Å². The molecule has 176 valence electrons. The van der Waals surface area contributed by atoms with Crippen LogP contribution in [0.25, 0.3) is 5.69 Å². The zero-order valence-corrected chi connectivity index (χ0v) is 20.9. The Balaban J connectivity index is 1.73. The molecule has 3 aromatic rings. The van der Waals surface area contributed by atoms with E-state index in [2.05, 4.69) is 96.6 Å². The standard InChI is InChI=1S/C27H38N6/c1-6-26-25(20-31(7-2)19-23-12-9-11-22(4)28-23)27(32-16-14-30(5)15-17-32)33(29-26)24-13-8-10-21(3)18-24/h8-13,18H,6-7,14-17,19-20H2,1-5H3. The first-order valence-corrected chi connectivity index (χ1v) is 12.2. The molecule has 2 aromatic heterocycles. The van der Waals surface area contributed by atoms with E-state index >= 15 is 0 Å². The number of likely N-dealkylation sites (N-methyl/N-ethyl adjacent to an activating group) is 1. The Hall–Kier alpha value is -2.70. The molecule has 0 spiro atoms. The molecule has 1 saturated heterocycles. The topological polar surface area (TPSA) is 40.4 Å². The second-order valence-corrected chi connectivity index (χ2v) is 9.22. The molecule has 6 nitrogen and oxygen atoms in total. The number of aromatic nitrogens is 3. The highest BCUT2D eigenvalue weighted by molar-refractivity contribution is 5.56. The van der Waals surface area contributed by atoms with Crippen molar-refractivity contribution in [3.63, 3.8) is 0 Å². The molecule has 0 aliphatic carbocycles. The van der Waals surface area contributed by atoms with Crippen LogP contribution >= 0.6 is 0 Å². The van der Waals surface area contributed by atoms with Crippen LogP contribution < -0.4 is 4.90 Å². The third-order valence-electron chi connectivity index (χ3n) is 6.58. The van der Waals surface area contributed by atoms with E-state index in [0.29, 0.717) is 0 Å². The van der Waals surface area contributed by atoms with Crippen molar-refractivity contribution in [1.82, 2.24) is 24.6 Å². The summed E-state index contributed by atoms with van der Waals surface area (Å²) in [5.74, 6) is 1.27. The van der Waals surface area contributed by atoms with Crippen molar-refractivity contribution < 1.29 is 0 Å². The molecular weight excluding hydrogens is 408 g/mol. The molecule has 1 fully saturated rings. The molecule has 0 unspecified atom stereocenters. The highest BCUT2D eigenvalue weighted by Gasteiger charge is 2.26. The fraction of sp³-hybridized carbons (Fsp3) is 0.481. The number of hydrogen-bond donors (Lipinski definition) is 0. The lowest BCUT2D eigenvalue weighted by Crippen LogP contribution is -2.45. The van der Waals surface area contributed by atoms with E-state index in [4.69, 9.17) is 10.1 Å². The molecule has 1 aliphatic heterocycles. The SMILES string of the molecule is CCc1nn(-c2cccc(C)c2)c(N2CCN(C)CC2)c1CN(CC)Cc1cccc(C)n1. The van der Waals surface area contributed by atoms with Gasteiger partial charge in [0.1, 0.15) is 5.82 Å². The van der Waals surface area contributed by atoms with Gasteiger partial charge in [0.15, 0.2) is 0 Å². The van der Waals surface area contributed by atoms with Crippen molar-refractivity contribution in [1.29, 1.82) is 0 Å². The smallest absolute Gasteiger partial charge is 0.137 e. The Labute approximate surface area is 198 Å². The Bertz CT molecular complexity index is 1060. The quantitative estimate of drug-likeness (QED) is 0.518. The Morgan fingerprint density at radius 2 is 1.70 bits per heavy atom. The predicted molar refractivity (Wildman–Crippen MR) is 136 cm³/mol. The van der Waals surface area contributed by atoms with Crippen molar-refractivity contribution >= 4 is 5.82 Å². The zero-order valence-electron chi connectivity index (χ0n) is 20.9. The summed E-state index contributed by atoms with van der Waals surface area (Å²) < 4.78 is 2.20. The van der Waals surface area contributed by atoms with Crippen LogP contribution in [-0.2, 0) is 19.5 Å². The lowest BCUT2D eigenvalue weighted by molar-refractivity contribution is 0.266. The number of pyridine rings is 1. The van der Waals surface area contributed by atoms with Gasteiger partial charge in [-0.3, -0.25) is 9.88 Å². The lowest BCUT2D eigenvalue weighted by Gasteiger charge is -2.35. The molecule has 4 rings (SSSR count). The maximum absolute atomic E-state index is 5.16. The highest BCUT2D eigenvalue weighted by Crippen LogP contribution is 2.31. The number of rotatable bonds is 8. The van der Waals surface area contributed by atoms with Crippen molar-refractivity contribution in [2.75, 3.05) is 44.7 Å². The summed E-state index contributed by atoms with van der Waals surface area (Å²) >= 11 is 0. The van der Waals surface area contributed by atoms with Crippen LogP contribution in [-0.4, -0.2) is 64.3 Å². The fourth-order valence-corrected chi connectivity index (χ4v) is 4.63. The van der Waals surface area contributed by atoms with Gasteiger partial charge in [-0.15, -0.1) is 0 Å². The number of aryl methyl sites for hydroxylation is 3. The fourth-order valence-electron chi connectivity index (χ4n) is 4.63. The first kappa shape index (κ1) is 23.5. The molecule has 0 saturated carbocycles. The summed E-state index contributed by atoms with van der Waals surface area (Å²) in [6.45, 7) is 15.6. The number of anilines is 1. The molecule has 0 radical (unpaired) electrons. The van der Waals surface area contributed by atoms with Gasteiger partial charge < -0.3 is 9.80 Å². The molecule has 3 heterocycles. The molecule has 1 aromatic carbocycles. The van der Waals surface area contributed by atoms with Crippen LogP contribution in [0.15, 0.2) is 42.5 Å². The van der Waals surface area contributed by atoms with Crippen LogP contribution in [0.4, 0.5) is 5.82 Å². The predicted octanol–water partition coefficient (Wildman–Crippen LogP) is 4.22. The average Bonchev–Trinajstić information content (AvgIpc) is 3.17. The number of nitrogens with zero attached hydrogens (tertiary/aromatic N) is 6. The largest absolute Gasteiger partial charge is 0.354 e. The Morgan fingerprint density at radius 3 is 2.36 bits per heavy atom. The summed E-state index contributed by atoms with van der Waals surface area (Å²) in [6.07, 6.45) is 0.926. The zero-order chi connectivity index (χ0) is 23.4. The monoisotopic (exact) mass is 446 g/mol. The third kappa shape index (κ3) is 5.45. The van der Waals surface area contributed by atoms with Gasteiger partial charge in [-0.05, 0) is 63.7 Å². The normalized spacial score (nSPS) is 14.9. The van der Waals surface area contributed by atoms with E-state index in [1.54, 1.807) is 0 Å². The van der Waals surface area contributed by atoms with Crippen molar-refractivity contribution in [3.8, 4) is 5.69 Å². The number of piperazine rings is 1. The minimum absolute atomic E-state index is 0.846. The molecule has 0 N–H and O–H groups in total. The average molecular weight is 447 g/mol. The van der Waals surface area contributed by atoms with Crippen LogP contribution in [0.1, 0.15) is 42.1 Å². The van der Waals surface area contributed by atoms with Gasteiger partial charge in [-0.25, -0.2) is 4.68 Å². The summed E-state index contributed by atoms with van der Waals surface area (Å²) in [4.78, 5) is 12.2. The first-order chi connectivity index (χ1) is 16.0. The lowest BCUT2D eigenvalue weighted by atomic mass is 10.1. The molecule has 6 heteroatoms. The number of hydrogen-bond acceptors (Lipinski definition) is 5. The molecule has 1 aliphatic rings. The molecule has 0 atom stereocenters. The maximum atomic E-state index is 5.16. The Kier molecular flexibility index (Phi) is 7.46. The molecule has 0 bridgehead atoms. The maximum Gasteiger partial charge on any atom is 0.137 e. The van der Waals surface area contributed by atoms with Crippen molar-refractivity contribution in [3.05, 3.63) is 70.7 Å². The highest BCUT2D eigenvalue weighted by atomic mass is 15.4. The van der Waals surface area contributed by atoms with E-state index in [9.17, 15) is 0 Å². The molecular formula is C27H38N6. The van der Waals surface area contributed by atoms with Gasteiger partial charge in [0, 0.05) is 50.5 Å². The summed E-state index contributed by atoms with van der Waals surface area (Å²) in [6, 6.07) is 15.0. The second kappa shape index (κ2) is 10.5. The third-order valence-corrected chi connectivity index (χ3v) is 6.58. The summed E-state index contributed by atoms with van der Waals surface area (Å²) in [5, 5.41) is 5.16. The summed E-state index contributed by atoms with van der Waals surface area (Å²) in [7, 11) is 2.21. The van der Waals surface area contributed by atoms with Crippen LogP contribution in [0.5, 0.6) is 0 Å². The van der Waals surface area contributed by atoms with Crippen LogP contribution in [0, 0.1) is 13.8 Å². The minimum Gasteiger partial charge on any atom is -0.354 e. The summed E-state index contributed by atoms with van der Waals surface area (Å²) in [5.41, 5.74) is 7.16. The first-order valence-electron chi connectivity index (χ1n) is 12.2. The van der Waals surface area contributed by atoms with Crippen LogP contribution in [0.2, 0.25) is 0 Å². The minimum atomic E-state index is 0.846. The van der Waals surface area contributed by atoms with Crippen molar-refractivity contribution in [2.45, 2.75) is 47.2 Å². The molecule has 33 heavy (non-hydrogen) atoms.